The molecule has 7 heteroatoms. The summed E-state index contributed by atoms with van der Waals surface area (Å²) in [7, 11) is 0. The van der Waals surface area contributed by atoms with Crippen LogP contribution in [0.1, 0.15) is 11.3 Å². The van der Waals surface area contributed by atoms with Crippen molar-refractivity contribution in [3.05, 3.63) is 47.8 Å². The van der Waals surface area contributed by atoms with Crippen molar-refractivity contribution in [2.75, 3.05) is 0 Å². The van der Waals surface area contributed by atoms with Crippen molar-refractivity contribution in [3.8, 4) is 0 Å². The van der Waals surface area contributed by atoms with Crippen LogP contribution in [0, 0.1) is 0 Å². The third-order valence-corrected chi connectivity index (χ3v) is 2.43. The first-order valence-electron chi connectivity index (χ1n) is 4.88. The maximum absolute atomic E-state index is 12.3. The van der Waals surface area contributed by atoms with Gasteiger partial charge in [-0.3, -0.25) is 5.10 Å². The quantitative estimate of drug-likeness (QED) is 0.832. The summed E-state index contributed by atoms with van der Waals surface area (Å²) in [5.74, 6) is 0. The minimum Gasteiger partial charge on any atom is -0.275 e. The van der Waals surface area contributed by atoms with Gasteiger partial charge in [0.1, 0.15) is 0 Å². The molecule has 0 spiro atoms. The van der Waals surface area contributed by atoms with Gasteiger partial charge in [-0.2, -0.15) is 18.3 Å². The highest BCUT2D eigenvalue weighted by Crippen LogP contribution is 2.30. The highest BCUT2D eigenvalue weighted by atomic mass is 35.5. The maximum atomic E-state index is 12.3. The average Bonchev–Trinajstić information content (AvgIpc) is 2.82. The zero-order chi connectivity index (χ0) is 13.2. The first-order chi connectivity index (χ1) is 8.47. The van der Waals surface area contributed by atoms with Gasteiger partial charge in [0.25, 0.3) is 0 Å². The van der Waals surface area contributed by atoms with E-state index in [1.54, 1.807) is 6.07 Å². The Morgan fingerprint density at radius 1 is 1.17 bits per heavy atom. The Morgan fingerprint density at radius 3 is 2.33 bits per heavy atom. The number of aromatic nitrogens is 2. The smallest absolute Gasteiger partial charge is 0.275 e. The predicted molar refractivity (Wildman–Crippen MR) is 62.1 cm³/mol. The summed E-state index contributed by atoms with van der Waals surface area (Å²) < 4.78 is 37.0. The van der Waals surface area contributed by atoms with E-state index < -0.39 is 11.7 Å². The summed E-state index contributed by atoms with van der Waals surface area (Å²) in [4.78, 5) is 3.97. The molecule has 1 aromatic carbocycles. The van der Waals surface area contributed by atoms with E-state index in [0.717, 1.165) is 12.1 Å². The molecule has 3 nitrogen and oxygen atoms in total. The van der Waals surface area contributed by atoms with Gasteiger partial charge < -0.3 is 0 Å². The van der Waals surface area contributed by atoms with Crippen LogP contribution in [0.5, 0.6) is 0 Å². The molecule has 0 amide bonds. The fourth-order valence-corrected chi connectivity index (χ4v) is 1.47. The molecule has 0 unspecified atom stereocenters. The number of alkyl halides is 3. The Hall–Kier alpha value is -1.82. The van der Waals surface area contributed by atoms with Crippen molar-refractivity contribution >= 4 is 22.5 Å². The topological polar surface area (TPSA) is 41.0 Å². The molecule has 1 heterocycles. The molecule has 0 bridgehead atoms. The van der Waals surface area contributed by atoms with Crippen LogP contribution in [-0.4, -0.2) is 15.4 Å². The van der Waals surface area contributed by atoms with Gasteiger partial charge in [-0.15, -0.1) is 0 Å². The van der Waals surface area contributed by atoms with Crippen molar-refractivity contribution in [2.24, 2.45) is 4.99 Å². The van der Waals surface area contributed by atoms with Gasteiger partial charge in [0, 0.05) is 6.20 Å². The Bertz CT molecular complexity index is 544. The van der Waals surface area contributed by atoms with Crippen LogP contribution in [0.3, 0.4) is 0 Å². The largest absolute Gasteiger partial charge is 0.416 e. The van der Waals surface area contributed by atoms with E-state index in [4.69, 9.17) is 11.6 Å². The van der Waals surface area contributed by atoms with Crippen LogP contribution in [0.25, 0.3) is 0 Å². The fourth-order valence-electron chi connectivity index (χ4n) is 1.27. The van der Waals surface area contributed by atoms with E-state index in [9.17, 15) is 13.2 Å². The number of nitrogens with zero attached hydrogens (tertiary/aromatic N) is 2. The highest BCUT2D eigenvalue weighted by Gasteiger charge is 2.29. The number of benzene rings is 1. The van der Waals surface area contributed by atoms with Crippen molar-refractivity contribution in [3.63, 3.8) is 0 Å². The zero-order valence-corrected chi connectivity index (χ0v) is 9.63. The van der Waals surface area contributed by atoms with Crippen LogP contribution in [-0.2, 0) is 6.18 Å². The molecule has 1 N–H and O–H groups in total. The third kappa shape index (κ3) is 2.89. The van der Waals surface area contributed by atoms with Gasteiger partial charge in [0.15, 0.2) is 5.17 Å². The number of aliphatic imine (C=N–C) groups is 1. The fraction of sp³-hybridized carbons (Fsp3) is 0.0909. The Labute approximate surface area is 105 Å². The first-order valence-corrected chi connectivity index (χ1v) is 5.26. The lowest BCUT2D eigenvalue weighted by atomic mass is 10.2. The summed E-state index contributed by atoms with van der Waals surface area (Å²) in [6.07, 6.45) is -2.85. The molecule has 0 fully saturated rings. The number of aromatic amines is 1. The summed E-state index contributed by atoms with van der Waals surface area (Å²) >= 11 is 5.87. The van der Waals surface area contributed by atoms with Crippen molar-refractivity contribution < 1.29 is 13.2 Å². The number of H-pyrrole nitrogens is 1. The summed E-state index contributed by atoms with van der Waals surface area (Å²) in [6, 6.07) is 6.02. The number of rotatable bonds is 2. The second-order valence-corrected chi connectivity index (χ2v) is 3.78. The summed E-state index contributed by atoms with van der Waals surface area (Å²) in [5.41, 5.74) is 0.110. The number of hydrogen-bond acceptors (Lipinski definition) is 2. The van der Waals surface area contributed by atoms with Crippen LogP contribution in [0.15, 0.2) is 41.5 Å². The molecule has 0 aliphatic heterocycles. The number of hydrogen-bond donors (Lipinski definition) is 1. The Morgan fingerprint density at radius 2 is 1.83 bits per heavy atom. The summed E-state index contributed by atoms with van der Waals surface area (Å²) in [5, 5.41) is 6.42. The van der Waals surface area contributed by atoms with Gasteiger partial charge in [0.2, 0.25) is 0 Å². The first kappa shape index (κ1) is 12.6. The molecule has 94 valence electrons. The van der Waals surface area contributed by atoms with Gasteiger partial charge in [-0.25, -0.2) is 4.99 Å². The lowest BCUT2D eigenvalue weighted by Crippen LogP contribution is -2.03. The standard InChI is InChI=1S/C11H7ClF3N3/c12-10(9-5-6-16-18-9)17-8-3-1-7(2-4-8)11(13,14)15/h1-6H,(H,16,18). The van der Waals surface area contributed by atoms with Gasteiger partial charge in [0.05, 0.1) is 16.9 Å². The summed E-state index contributed by atoms with van der Waals surface area (Å²) in [6.45, 7) is 0. The Balaban J connectivity index is 2.23. The lowest BCUT2D eigenvalue weighted by molar-refractivity contribution is -0.137. The average molecular weight is 274 g/mol. The zero-order valence-electron chi connectivity index (χ0n) is 8.87. The molecule has 2 rings (SSSR count). The highest BCUT2D eigenvalue weighted by molar-refractivity contribution is 6.69. The van der Waals surface area contributed by atoms with Crippen LogP contribution >= 0.6 is 11.6 Å². The van der Waals surface area contributed by atoms with E-state index in [2.05, 4.69) is 15.2 Å². The molecule has 2 aromatic rings. The van der Waals surface area contributed by atoms with Gasteiger partial charge >= 0.3 is 6.18 Å². The lowest BCUT2D eigenvalue weighted by Gasteiger charge is -2.05. The second kappa shape index (κ2) is 4.81. The van der Waals surface area contributed by atoms with E-state index >= 15 is 0 Å². The number of nitrogens with one attached hydrogen (secondary N) is 1. The van der Waals surface area contributed by atoms with Crippen LogP contribution in [0.4, 0.5) is 18.9 Å². The van der Waals surface area contributed by atoms with Gasteiger partial charge in [-0.1, -0.05) is 11.6 Å². The van der Waals surface area contributed by atoms with Crippen LogP contribution < -0.4 is 0 Å². The predicted octanol–water partition coefficient (Wildman–Crippen LogP) is 3.75. The molecule has 0 aliphatic carbocycles. The molecule has 0 saturated heterocycles. The molecule has 0 radical (unpaired) electrons. The molecule has 0 saturated carbocycles. The number of halogens is 4. The normalized spacial score (nSPS) is 12.8. The molecule has 18 heavy (non-hydrogen) atoms. The molecule has 0 aliphatic rings. The molecule has 0 atom stereocenters. The molecular weight excluding hydrogens is 267 g/mol. The monoisotopic (exact) mass is 273 g/mol. The van der Waals surface area contributed by atoms with Crippen molar-refractivity contribution in [1.82, 2.24) is 10.2 Å². The van der Waals surface area contributed by atoms with Crippen molar-refractivity contribution in [2.45, 2.75) is 6.18 Å². The third-order valence-electron chi connectivity index (χ3n) is 2.14. The minimum absolute atomic E-state index is 0.132. The maximum Gasteiger partial charge on any atom is 0.416 e. The van der Waals surface area contributed by atoms with Crippen LogP contribution in [0.2, 0.25) is 0 Å². The second-order valence-electron chi connectivity index (χ2n) is 3.42. The van der Waals surface area contributed by atoms with Gasteiger partial charge in [-0.05, 0) is 30.3 Å². The van der Waals surface area contributed by atoms with Crippen molar-refractivity contribution in [1.29, 1.82) is 0 Å². The molecular formula is C11H7ClF3N3. The van der Waals surface area contributed by atoms with E-state index in [1.807, 2.05) is 0 Å². The molecule has 1 aromatic heterocycles. The Kier molecular flexibility index (Phi) is 3.38. The van der Waals surface area contributed by atoms with E-state index in [0.29, 0.717) is 11.4 Å². The minimum atomic E-state index is -4.35. The van der Waals surface area contributed by atoms with E-state index in [-0.39, 0.29) is 5.17 Å². The van der Waals surface area contributed by atoms with E-state index in [1.165, 1.54) is 18.3 Å². The SMILES string of the molecule is FC(F)(F)c1ccc(N=C(Cl)c2ccn[nH]2)cc1.